The first kappa shape index (κ1) is 11.3. The lowest BCUT2D eigenvalue weighted by molar-refractivity contribution is 0.152. The lowest BCUT2D eigenvalue weighted by Crippen LogP contribution is -2.40. The molecule has 1 aliphatic rings. The van der Waals surface area contributed by atoms with Gasteiger partial charge in [-0.2, -0.15) is 0 Å². The van der Waals surface area contributed by atoms with E-state index in [4.69, 9.17) is 16.3 Å². The lowest BCUT2D eigenvalue weighted by Gasteiger charge is -2.33. The number of ether oxygens (including phenoxy) is 1. The van der Waals surface area contributed by atoms with Crippen LogP contribution in [0.2, 0.25) is 0 Å². The minimum absolute atomic E-state index is 0.344. The lowest BCUT2D eigenvalue weighted by atomic mass is 9.98. The second kappa shape index (κ2) is 5.84. The first-order valence-corrected chi connectivity index (χ1v) is 5.53. The summed E-state index contributed by atoms with van der Waals surface area (Å²) in [7, 11) is 1.75. The Morgan fingerprint density at radius 1 is 1.54 bits per heavy atom. The number of hydrogen-bond acceptors (Lipinski definition) is 2. The maximum Gasteiger partial charge on any atom is 0.0489 e. The molecular formula is C10H20ClNO. The van der Waals surface area contributed by atoms with Gasteiger partial charge in [-0.3, -0.25) is 0 Å². The van der Waals surface area contributed by atoms with E-state index in [-0.39, 0.29) is 0 Å². The molecule has 1 aliphatic heterocycles. The SMILES string of the molecule is COCCCN1CCC(C)C(Cl)C1. The van der Waals surface area contributed by atoms with Crippen LogP contribution in [0.5, 0.6) is 0 Å². The van der Waals surface area contributed by atoms with E-state index >= 15 is 0 Å². The largest absolute Gasteiger partial charge is 0.385 e. The molecule has 1 fully saturated rings. The molecule has 2 nitrogen and oxygen atoms in total. The van der Waals surface area contributed by atoms with Crippen LogP contribution in [0.4, 0.5) is 0 Å². The zero-order valence-electron chi connectivity index (χ0n) is 8.63. The number of likely N-dealkylation sites (tertiary alicyclic amines) is 1. The standard InChI is InChI=1S/C10H20ClNO/c1-9-4-6-12(8-10(9)11)5-3-7-13-2/h9-10H,3-8H2,1-2H3. The molecule has 0 bridgehead atoms. The van der Waals surface area contributed by atoms with Crippen LogP contribution < -0.4 is 0 Å². The fourth-order valence-electron chi connectivity index (χ4n) is 1.72. The van der Waals surface area contributed by atoms with Crippen molar-refractivity contribution in [3.8, 4) is 0 Å². The number of alkyl halides is 1. The Balaban J connectivity index is 2.14. The third kappa shape index (κ3) is 3.84. The summed E-state index contributed by atoms with van der Waals surface area (Å²) in [5.41, 5.74) is 0. The molecule has 1 heterocycles. The van der Waals surface area contributed by atoms with Crippen LogP contribution in [-0.2, 0) is 4.74 Å². The fourth-order valence-corrected chi connectivity index (χ4v) is 2.04. The van der Waals surface area contributed by atoms with Gasteiger partial charge in [0, 0.05) is 32.2 Å². The molecule has 0 aliphatic carbocycles. The Kier molecular flexibility index (Phi) is 5.07. The molecule has 1 rings (SSSR count). The minimum Gasteiger partial charge on any atom is -0.385 e. The molecule has 2 atom stereocenters. The molecule has 0 radical (unpaired) electrons. The van der Waals surface area contributed by atoms with Crippen molar-refractivity contribution < 1.29 is 4.74 Å². The summed E-state index contributed by atoms with van der Waals surface area (Å²) in [6.07, 6.45) is 2.36. The smallest absolute Gasteiger partial charge is 0.0489 e. The zero-order chi connectivity index (χ0) is 9.68. The number of halogens is 1. The predicted molar refractivity (Wildman–Crippen MR) is 56.4 cm³/mol. The molecule has 0 aromatic heterocycles. The van der Waals surface area contributed by atoms with E-state index < -0.39 is 0 Å². The average molecular weight is 206 g/mol. The van der Waals surface area contributed by atoms with E-state index in [0.29, 0.717) is 11.3 Å². The van der Waals surface area contributed by atoms with Crippen molar-refractivity contribution in [1.29, 1.82) is 0 Å². The molecule has 0 spiro atoms. The highest BCUT2D eigenvalue weighted by Crippen LogP contribution is 2.21. The summed E-state index contributed by atoms with van der Waals surface area (Å²) >= 11 is 6.20. The van der Waals surface area contributed by atoms with Gasteiger partial charge in [-0.1, -0.05) is 6.92 Å². The van der Waals surface area contributed by atoms with Crippen molar-refractivity contribution in [1.82, 2.24) is 4.90 Å². The summed E-state index contributed by atoms with van der Waals surface area (Å²) in [5, 5.41) is 0.344. The number of hydrogen-bond donors (Lipinski definition) is 0. The molecule has 13 heavy (non-hydrogen) atoms. The Hall–Kier alpha value is 0.210. The maximum absolute atomic E-state index is 6.20. The van der Waals surface area contributed by atoms with Crippen molar-refractivity contribution in [3.63, 3.8) is 0 Å². The van der Waals surface area contributed by atoms with Gasteiger partial charge in [-0.15, -0.1) is 11.6 Å². The summed E-state index contributed by atoms with van der Waals surface area (Å²) in [6, 6.07) is 0. The molecule has 3 heteroatoms. The van der Waals surface area contributed by atoms with E-state index in [2.05, 4.69) is 11.8 Å². The normalized spacial score (nSPS) is 30.7. The van der Waals surface area contributed by atoms with Crippen LogP contribution in [0.1, 0.15) is 19.8 Å². The Morgan fingerprint density at radius 3 is 2.92 bits per heavy atom. The van der Waals surface area contributed by atoms with Crippen LogP contribution >= 0.6 is 11.6 Å². The van der Waals surface area contributed by atoms with Crippen LogP contribution in [-0.4, -0.2) is 43.6 Å². The van der Waals surface area contributed by atoms with Crippen LogP contribution in [0.3, 0.4) is 0 Å². The van der Waals surface area contributed by atoms with Gasteiger partial charge >= 0.3 is 0 Å². The van der Waals surface area contributed by atoms with Gasteiger partial charge in [0.2, 0.25) is 0 Å². The number of rotatable bonds is 4. The molecule has 2 unspecified atom stereocenters. The Morgan fingerprint density at radius 2 is 2.31 bits per heavy atom. The fraction of sp³-hybridized carbons (Fsp3) is 1.00. The number of nitrogens with zero attached hydrogens (tertiary/aromatic N) is 1. The van der Waals surface area contributed by atoms with E-state index in [1.165, 1.54) is 13.0 Å². The second-order valence-electron chi connectivity index (χ2n) is 3.93. The highest BCUT2D eigenvalue weighted by Gasteiger charge is 2.23. The summed E-state index contributed by atoms with van der Waals surface area (Å²) < 4.78 is 5.02. The first-order valence-electron chi connectivity index (χ1n) is 5.09. The third-order valence-electron chi connectivity index (χ3n) is 2.77. The summed E-state index contributed by atoms with van der Waals surface area (Å²) in [4.78, 5) is 2.44. The van der Waals surface area contributed by atoms with Gasteiger partial charge in [0.25, 0.3) is 0 Å². The van der Waals surface area contributed by atoms with Gasteiger partial charge < -0.3 is 9.64 Å². The monoisotopic (exact) mass is 205 g/mol. The van der Waals surface area contributed by atoms with Crippen LogP contribution in [0.25, 0.3) is 0 Å². The van der Waals surface area contributed by atoms with Crippen LogP contribution in [0, 0.1) is 5.92 Å². The Labute approximate surface area is 86.2 Å². The van der Waals surface area contributed by atoms with E-state index in [1.54, 1.807) is 7.11 Å². The Bertz CT molecular complexity index is 143. The van der Waals surface area contributed by atoms with E-state index in [9.17, 15) is 0 Å². The average Bonchev–Trinajstić information content (AvgIpc) is 2.12. The quantitative estimate of drug-likeness (QED) is 0.514. The van der Waals surface area contributed by atoms with Crippen molar-refractivity contribution in [2.75, 3.05) is 33.4 Å². The first-order chi connectivity index (χ1) is 6.24. The van der Waals surface area contributed by atoms with Gasteiger partial charge in [0.05, 0.1) is 0 Å². The maximum atomic E-state index is 6.20. The van der Waals surface area contributed by atoms with Gasteiger partial charge in [0.1, 0.15) is 0 Å². The molecule has 0 aromatic carbocycles. The molecule has 0 saturated carbocycles. The topological polar surface area (TPSA) is 12.5 Å². The highest BCUT2D eigenvalue weighted by atomic mass is 35.5. The predicted octanol–water partition coefficient (Wildman–Crippen LogP) is 1.97. The van der Waals surface area contributed by atoms with E-state index in [1.807, 2.05) is 0 Å². The van der Waals surface area contributed by atoms with Gasteiger partial charge in [-0.05, 0) is 25.3 Å². The molecular weight excluding hydrogens is 186 g/mol. The minimum atomic E-state index is 0.344. The number of piperidine rings is 1. The zero-order valence-corrected chi connectivity index (χ0v) is 9.39. The molecule has 0 N–H and O–H groups in total. The summed E-state index contributed by atoms with van der Waals surface area (Å²) in [6.45, 7) is 6.48. The summed E-state index contributed by atoms with van der Waals surface area (Å²) in [5.74, 6) is 0.681. The van der Waals surface area contributed by atoms with Gasteiger partial charge in [0.15, 0.2) is 0 Å². The molecule has 0 amide bonds. The van der Waals surface area contributed by atoms with Gasteiger partial charge in [-0.25, -0.2) is 0 Å². The third-order valence-corrected chi connectivity index (χ3v) is 3.34. The molecule has 0 aromatic rings. The van der Waals surface area contributed by atoms with Crippen molar-refractivity contribution in [2.24, 2.45) is 5.92 Å². The number of methoxy groups -OCH3 is 1. The molecule has 78 valence electrons. The van der Waals surface area contributed by atoms with Crippen LogP contribution in [0.15, 0.2) is 0 Å². The van der Waals surface area contributed by atoms with Crippen molar-refractivity contribution in [2.45, 2.75) is 25.1 Å². The van der Waals surface area contributed by atoms with Crippen molar-refractivity contribution in [3.05, 3.63) is 0 Å². The van der Waals surface area contributed by atoms with Crippen molar-refractivity contribution >= 4 is 11.6 Å². The van der Waals surface area contributed by atoms with E-state index in [0.717, 1.165) is 26.1 Å². The highest BCUT2D eigenvalue weighted by molar-refractivity contribution is 6.21. The molecule has 1 saturated heterocycles. The second-order valence-corrected chi connectivity index (χ2v) is 4.49.